The zero-order valence-corrected chi connectivity index (χ0v) is 11.8. The lowest BCUT2D eigenvalue weighted by molar-refractivity contribution is -0.137. The molecule has 0 saturated heterocycles. The minimum atomic E-state index is -4.59. The van der Waals surface area contributed by atoms with Gasteiger partial charge in [0.2, 0.25) is 10.9 Å². The number of hydrogen-bond acceptors (Lipinski definition) is 5. The molecule has 1 aromatic heterocycles. The predicted octanol–water partition coefficient (Wildman–Crippen LogP) is 1.61. The molecule has 0 spiro atoms. The van der Waals surface area contributed by atoms with E-state index in [1.54, 1.807) is 0 Å². The van der Waals surface area contributed by atoms with Crippen LogP contribution in [0.2, 0.25) is 0 Å². The molecule has 0 aliphatic heterocycles. The number of nitrogens with two attached hydrogens (primary N) is 1. The number of anilines is 1. The van der Waals surface area contributed by atoms with Gasteiger partial charge in [0.05, 0.1) is 40.3 Å². The van der Waals surface area contributed by atoms with Crippen LogP contribution in [0.1, 0.15) is 11.1 Å². The third-order valence-corrected chi connectivity index (χ3v) is 3.50. The molecule has 0 aliphatic carbocycles. The van der Waals surface area contributed by atoms with Crippen molar-refractivity contribution in [3.63, 3.8) is 0 Å². The van der Waals surface area contributed by atoms with Gasteiger partial charge in [-0.3, -0.25) is 9.59 Å². The number of nitrogens with zero attached hydrogens (tertiary/aromatic N) is 3. The average molecular weight is 332 g/mol. The highest BCUT2D eigenvalue weighted by molar-refractivity contribution is 5.85. The highest BCUT2D eigenvalue weighted by atomic mass is 19.4. The summed E-state index contributed by atoms with van der Waals surface area (Å²) in [4.78, 5) is 23.0. The fourth-order valence-corrected chi connectivity index (χ4v) is 2.28. The van der Waals surface area contributed by atoms with Crippen molar-refractivity contribution in [2.45, 2.75) is 6.18 Å². The fraction of sp³-hybridized carbons (Fsp3) is 0.0667. The molecule has 2 N–H and O–H groups in total. The summed E-state index contributed by atoms with van der Waals surface area (Å²) in [6.45, 7) is 0. The summed E-state index contributed by atoms with van der Waals surface area (Å²) in [5.74, 6) is 0. The van der Waals surface area contributed by atoms with Gasteiger partial charge in [0.15, 0.2) is 0 Å². The van der Waals surface area contributed by atoms with E-state index in [2.05, 4.69) is 5.10 Å². The van der Waals surface area contributed by atoms with Crippen molar-refractivity contribution in [2.75, 3.05) is 5.73 Å². The van der Waals surface area contributed by atoms with Gasteiger partial charge >= 0.3 is 6.18 Å². The SMILES string of the molecule is N#Cc1ccc(-c2c(N)c(=O)c2=O)c(-n2cc(C(F)(F)F)cn2)c1. The second kappa shape index (κ2) is 5.06. The molecule has 0 radical (unpaired) electrons. The number of nitrogen functional groups attached to an aromatic ring is 1. The van der Waals surface area contributed by atoms with Crippen LogP contribution in [0.3, 0.4) is 0 Å². The van der Waals surface area contributed by atoms with Crippen molar-refractivity contribution >= 4 is 5.69 Å². The molecule has 0 saturated carbocycles. The van der Waals surface area contributed by atoms with Crippen LogP contribution < -0.4 is 16.6 Å². The van der Waals surface area contributed by atoms with Gasteiger partial charge in [-0.05, 0) is 12.1 Å². The van der Waals surface area contributed by atoms with Crippen LogP contribution in [0.25, 0.3) is 16.8 Å². The lowest BCUT2D eigenvalue weighted by Gasteiger charge is -2.13. The molecule has 24 heavy (non-hydrogen) atoms. The molecular formula is C15H7F3N4O2. The number of halogens is 3. The smallest absolute Gasteiger partial charge is 0.395 e. The Hall–Kier alpha value is -3.41. The molecule has 120 valence electrons. The predicted molar refractivity (Wildman–Crippen MR) is 78.0 cm³/mol. The van der Waals surface area contributed by atoms with E-state index in [9.17, 15) is 22.8 Å². The largest absolute Gasteiger partial charge is 0.419 e. The van der Waals surface area contributed by atoms with Crippen molar-refractivity contribution in [3.8, 4) is 22.9 Å². The third-order valence-electron chi connectivity index (χ3n) is 3.50. The van der Waals surface area contributed by atoms with E-state index >= 15 is 0 Å². The summed E-state index contributed by atoms with van der Waals surface area (Å²) in [6.07, 6.45) is -3.25. The molecule has 0 fully saturated rings. The molecule has 0 atom stereocenters. The minimum Gasteiger partial charge on any atom is -0.395 e. The summed E-state index contributed by atoms with van der Waals surface area (Å²) < 4.78 is 39.1. The first-order valence-electron chi connectivity index (χ1n) is 6.49. The Balaban J connectivity index is 2.24. The molecule has 0 bridgehead atoms. The van der Waals surface area contributed by atoms with Gasteiger partial charge in [-0.25, -0.2) is 4.68 Å². The quantitative estimate of drug-likeness (QED) is 0.718. The van der Waals surface area contributed by atoms with Crippen molar-refractivity contribution in [1.29, 1.82) is 5.26 Å². The van der Waals surface area contributed by atoms with Crippen LogP contribution in [0.15, 0.2) is 40.2 Å². The van der Waals surface area contributed by atoms with Gasteiger partial charge < -0.3 is 5.73 Å². The van der Waals surface area contributed by atoms with Crippen LogP contribution in [0, 0.1) is 11.3 Å². The van der Waals surface area contributed by atoms with Crippen molar-refractivity contribution in [3.05, 3.63) is 62.2 Å². The highest BCUT2D eigenvalue weighted by Gasteiger charge is 2.33. The molecule has 0 aliphatic rings. The second-order valence-corrected chi connectivity index (χ2v) is 4.96. The maximum Gasteiger partial charge on any atom is 0.419 e. The Kier molecular flexibility index (Phi) is 3.26. The molecular weight excluding hydrogens is 325 g/mol. The normalized spacial score (nSPS) is 11.6. The van der Waals surface area contributed by atoms with Crippen LogP contribution >= 0.6 is 0 Å². The van der Waals surface area contributed by atoms with Gasteiger partial charge in [-0.15, -0.1) is 0 Å². The van der Waals surface area contributed by atoms with E-state index in [0.29, 0.717) is 6.20 Å². The van der Waals surface area contributed by atoms with E-state index < -0.39 is 22.6 Å². The van der Waals surface area contributed by atoms with Crippen LogP contribution in [-0.2, 0) is 6.18 Å². The lowest BCUT2D eigenvalue weighted by atomic mass is 9.96. The number of hydrogen-bond donors (Lipinski definition) is 1. The number of benzene rings is 1. The number of nitriles is 1. The number of aromatic nitrogens is 2. The zero-order valence-electron chi connectivity index (χ0n) is 11.8. The summed E-state index contributed by atoms with van der Waals surface area (Å²) in [5, 5.41) is 12.6. The summed E-state index contributed by atoms with van der Waals surface area (Å²) in [7, 11) is 0. The molecule has 9 heteroatoms. The first-order valence-corrected chi connectivity index (χ1v) is 6.49. The summed E-state index contributed by atoms with van der Waals surface area (Å²) in [5.41, 5.74) is 2.80. The first-order chi connectivity index (χ1) is 11.2. The fourth-order valence-electron chi connectivity index (χ4n) is 2.28. The monoisotopic (exact) mass is 332 g/mol. The molecule has 0 amide bonds. The molecule has 0 unspecified atom stereocenters. The highest BCUT2D eigenvalue weighted by Crippen LogP contribution is 2.32. The standard InChI is InChI=1S/C15H7F3N4O2/c16-15(17,18)8-5-21-22(6-8)10-3-7(4-19)1-2-9(10)11-12(20)14(24)13(11)23/h1-3,5-6H,20H2. The van der Waals surface area contributed by atoms with Crippen LogP contribution in [-0.4, -0.2) is 9.78 Å². The Bertz CT molecular complexity index is 1070. The van der Waals surface area contributed by atoms with Gasteiger partial charge in [0.25, 0.3) is 0 Å². The molecule has 3 rings (SSSR count). The Labute approximate surface area is 131 Å². The van der Waals surface area contributed by atoms with Crippen LogP contribution in [0.4, 0.5) is 18.9 Å². The molecule has 1 heterocycles. The van der Waals surface area contributed by atoms with Crippen molar-refractivity contribution in [1.82, 2.24) is 9.78 Å². The second-order valence-electron chi connectivity index (χ2n) is 4.96. The Morgan fingerprint density at radius 1 is 1.21 bits per heavy atom. The topological polar surface area (TPSA) is 102 Å². The minimum absolute atomic E-state index is 0.0448. The molecule has 2 aromatic carbocycles. The number of alkyl halides is 3. The van der Waals surface area contributed by atoms with Crippen LogP contribution in [0.5, 0.6) is 0 Å². The van der Waals surface area contributed by atoms with Crippen molar-refractivity contribution in [2.24, 2.45) is 0 Å². The first kappa shape index (κ1) is 15.5. The Morgan fingerprint density at radius 3 is 2.46 bits per heavy atom. The lowest BCUT2D eigenvalue weighted by Crippen LogP contribution is -2.36. The average Bonchev–Trinajstić information content (AvgIpc) is 3.05. The number of rotatable bonds is 2. The van der Waals surface area contributed by atoms with Gasteiger partial charge in [0.1, 0.15) is 0 Å². The van der Waals surface area contributed by atoms with E-state index in [4.69, 9.17) is 11.0 Å². The zero-order chi connectivity index (χ0) is 17.6. The van der Waals surface area contributed by atoms with E-state index in [1.807, 2.05) is 6.07 Å². The Morgan fingerprint density at radius 2 is 1.92 bits per heavy atom. The van der Waals surface area contributed by atoms with Crippen molar-refractivity contribution < 1.29 is 13.2 Å². The van der Waals surface area contributed by atoms with E-state index in [1.165, 1.54) is 18.2 Å². The van der Waals surface area contributed by atoms with Gasteiger partial charge in [0, 0.05) is 11.8 Å². The molecule has 3 aromatic rings. The maximum absolute atomic E-state index is 12.7. The van der Waals surface area contributed by atoms with Gasteiger partial charge in [-0.2, -0.15) is 23.5 Å². The summed E-state index contributed by atoms with van der Waals surface area (Å²) >= 11 is 0. The van der Waals surface area contributed by atoms with E-state index in [0.717, 1.165) is 10.9 Å². The molecule has 6 nitrogen and oxygen atoms in total. The summed E-state index contributed by atoms with van der Waals surface area (Å²) in [6, 6.07) is 5.81. The maximum atomic E-state index is 12.7. The third kappa shape index (κ3) is 2.25. The van der Waals surface area contributed by atoms with Gasteiger partial charge in [-0.1, -0.05) is 6.07 Å². The van der Waals surface area contributed by atoms with E-state index in [-0.39, 0.29) is 28.1 Å².